The van der Waals surface area contributed by atoms with E-state index in [-0.39, 0.29) is 0 Å². The van der Waals surface area contributed by atoms with Gasteiger partial charge >= 0.3 is 84.3 Å². The van der Waals surface area contributed by atoms with E-state index in [2.05, 4.69) is 25.5 Å². The van der Waals surface area contributed by atoms with Crippen molar-refractivity contribution in [2.45, 2.75) is 54.4 Å². The zero-order valence-electron chi connectivity index (χ0n) is 8.14. The van der Waals surface area contributed by atoms with Crippen LogP contribution in [0.25, 0.3) is 0 Å². The molecular weight excluding hydrogens is 266 g/mol. The first-order valence-electron chi connectivity index (χ1n) is 4.35. The van der Waals surface area contributed by atoms with E-state index >= 15 is 0 Å². The molecule has 0 saturated heterocycles. The SMILES string of the molecule is CCCC(CCC)([Se]C)[Se]C. The van der Waals surface area contributed by atoms with Crippen LogP contribution in [-0.4, -0.2) is 29.9 Å². The molecule has 0 atom stereocenters. The number of hydrogen-bond donors (Lipinski definition) is 0. The van der Waals surface area contributed by atoms with Gasteiger partial charge in [-0.05, 0) is 0 Å². The van der Waals surface area contributed by atoms with Gasteiger partial charge in [-0.3, -0.25) is 0 Å². The van der Waals surface area contributed by atoms with Gasteiger partial charge in [-0.15, -0.1) is 0 Å². The van der Waals surface area contributed by atoms with E-state index in [1.807, 2.05) is 0 Å². The van der Waals surface area contributed by atoms with Crippen LogP contribution in [0.15, 0.2) is 0 Å². The topological polar surface area (TPSA) is 0 Å². The average molecular weight is 286 g/mol. The molecule has 0 spiro atoms. The van der Waals surface area contributed by atoms with Gasteiger partial charge in [-0.25, -0.2) is 0 Å². The van der Waals surface area contributed by atoms with E-state index in [1.165, 1.54) is 25.7 Å². The van der Waals surface area contributed by atoms with Gasteiger partial charge in [0, 0.05) is 0 Å². The summed E-state index contributed by atoms with van der Waals surface area (Å²) in [7, 11) is 0. The second-order valence-electron chi connectivity index (χ2n) is 2.82. The Morgan fingerprint density at radius 2 is 1.27 bits per heavy atom. The Kier molecular flexibility index (Phi) is 7.16. The number of rotatable bonds is 6. The van der Waals surface area contributed by atoms with Crippen LogP contribution in [0, 0.1) is 0 Å². The molecule has 0 amide bonds. The third-order valence-corrected chi connectivity index (χ3v) is 10.5. The summed E-state index contributed by atoms with van der Waals surface area (Å²) in [5, 5.41) is 0. The molecule has 0 aromatic carbocycles. The molecule has 68 valence electrons. The Hall–Kier alpha value is 1.04. The van der Waals surface area contributed by atoms with Gasteiger partial charge in [-0.1, -0.05) is 0 Å². The summed E-state index contributed by atoms with van der Waals surface area (Å²) in [4.78, 5) is 0. The van der Waals surface area contributed by atoms with Crippen LogP contribution < -0.4 is 0 Å². The Morgan fingerprint density at radius 1 is 0.909 bits per heavy atom. The van der Waals surface area contributed by atoms with Crippen LogP contribution in [0.1, 0.15) is 39.5 Å². The first kappa shape index (κ1) is 12.0. The van der Waals surface area contributed by atoms with E-state index < -0.39 is 0 Å². The first-order valence-corrected chi connectivity index (χ1v) is 9.49. The van der Waals surface area contributed by atoms with E-state index in [0.29, 0.717) is 0 Å². The van der Waals surface area contributed by atoms with Gasteiger partial charge in [-0.2, -0.15) is 0 Å². The van der Waals surface area contributed by atoms with Crippen molar-refractivity contribution < 1.29 is 0 Å². The molecule has 0 radical (unpaired) electrons. The fourth-order valence-corrected chi connectivity index (χ4v) is 6.97. The molecule has 0 heterocycles. The molecule has 11 heavy (non-hydrogen) atoms. The fraction of sp³-hybridized carbons (Fsp3) is 1.00. The zero-order valence-corrected chi connectivity index (χ0v) is 11.6. The van der Waals surface area contributed by atoms with Gasteiger partial charge in [0.05, 0.1) is 0 Å². The molecule has 0 aliphatic heterocycles. The monoisotopic (exact) mass is 288 g/mol. The molecule has 0 saturated carbocycles. The standard InChI is InChI=1S/C9H20Se2/c1-5-7-9(10-3,11-4)8-6-2/h5-8H2,1-4H3. The van der Waals surface area contributed by atoms with Crippen molar-refractivity contribution in [3.05, 3.63) is 0 Å². The van der Waals surface area contributed by atoms with E-state index in [1.54, 1.807) is 0 Å². The van der Waals surface area contributed by atoms with Crippen LogP contribution in [0.5, 0.6) is 0 Å². The number of hydrogen-bond acceptors (Lipinski definition) is 0. The molecule has 0 aromatic heterocycles. The Morgan fingerprint density at radius 3 is 1.45 bits per heavy atom. The maximum absolute atomic E-state index is 2.42. The quantitative estimate of drug-likeness (QED) is 0.658. The Balaban J connectivity index is 3.96. The predicted octanol–water partition coefficient (Wildman–Crippen LogP) is 3.21. The summed E-state index contributed by atoms with van der Waals surface area (Å²) in [6.07, 6.45) is 5.72. The van der Waals surface area contributed by atoms with Gasteiger partial charge in [0.25, 0.3) is 0 Å². The van der Waals surface area contributed by atoms with Crippen LogP contribution in [0.4, 0.5) is 0 Å². The van der Waals surface area contributed by atoms with Gasteiger partial charge < -0.3 is 0 Å². The summed E-state index contributed by atoms with van der Waals surface area (Å²) in [6, 6.07) is 0. The van der Waals surface area contributed by atoms with E-state index in [9.17, 15) is 0 Å². The van der Waals surface area contributed by atoms with Crippen molar-refractivity contribution in [2.75, 3.05) is 0 Å². The normalized spacial score (nSPS) is 12.0. The average Bonchev–Trinajstić information content (AvgIpc) is 2.04. The fourth-order valence-electron chi connectivity index (χ4n) is 1.38. The minimum absolute atomic E-state index is 0.809. The molecule has 0 aromatic rings. The van der Waals surface area contributed by atoms with Crippen molar-refractivity contribution in [3.63, 3.8) is 0 Å². The first-order chi connectivity index (χ1) is 5.24. The van der Waals surface area contributed by atoms with Crippen LogP contribution >= 0.6 is 0 Å². The van der Waals surface area contributed by atoms with E-state index in [4.69, 9.17) is 0 Å². The predicted molar refractivity (Wildman–Crippen MR) is 55.7 cm³/mol. The molecule has 0 nitrogen and oxygen atoms in total. The van der Waals surface area contributed by atoms with Crippen molar-refractivity contribution in [1.82, 2.24) is 0 Å². The molecule has 2 heteroatoms. The van der Waals surface area contributed by atoms with Crippen LogP contribution in [-0.2, 0) is 0 Å². The molecule has 0 unspecified atom stereocenters. The minimum atomic E-state index is 0.809. The van der Waals surface area contributed by atoms with Gasteiger partial charge in [0.1, 0.15) is 0 Å². The van der Waals surface area contributed by atoms with Crippen molar-refractivity contribution in [3.8, 4) is 0 Å². The summed E-state index contributed by atoms with van der Waals surface area (Å²) < 4.78 is 0.809. The molecule has 0 fully saturated rings. The van der Waals surface area contributed by atoms with Crippen LogP contribution in [0.2, 0.25) is 14.9 Å². The second kappa shape index (κ2) is 6.54. The third-order valence-electron chi connectivity index (χ3n) is 2.01. The molecule has 0 bridgehead atoms. The summed E-state index contributed by atoms with van der Waals surface area (Å²) in [6.45, 7) is 4.64. The van der Waals surface area contributed by atoms with Gasteiger partial charge in [0.15, 0.2) is 0 Å². The summed E-state index contributed by atoms with van der Waals surface area (Å²) in [5.74, 6) is 4.84. The van der Waals surface area contributed by atoms with Crippen molar-refractivity contribution >= 4 is 29.9 Å². The Labute approximate surface area is 84.2 Å². The van der Waals surface area contributed by atoms with Crippen molar-refractivity contribution in [2.24, 2.45) is 0 Å². The molecular formula is C9H20Se2. The molecule has 0 aliphatic carbocycles. The van der Waals surface area contributed by atoms with E-state index in [0.717, 1.165) is 33.1 Å². The third kappa shape index (κ3) is 3.99. The maximum atomic E-state index is 2.42. The molecule has 0 aliphatic rings. The zero-order chi connectivity index (χ0) is 8.74. The van der Waals surface area contributed by atoms with Crippen molar-refractivity contribution in [1.29, 1.82) is 0 Å². The Bertz CT molecular complexity index is 79.6. The molecule has 0 rings (SSSR count). The summed E-state index contributed by atoms with van der Waals surface area (Å²) >= 11 is 1.74. The molecule has 0 N–H and O–H groups in total. The van der Waals surface area contributed by atoms with Crippen LogP contribution in [0.3, 0.4) is 0 Å². The summed E-state index contributed by atoms with van der Waals surface area (Å²) in [5.41, 5.74) is 0. The second-order valence-corrected chi connectivity index (χ2v) is 9.12. The van der Waals surface area contributed by atoms with Gasteiger partial charge in [0.2, 0.25) is 0 Å².